The highest BCUT2D eigenvalue weighted by Crippen LogP contribution is 2.00. The monoisotopic (exact) mass is 206 g/mol. The molecule has 0 aliphatic carbocycles. The summed E-state index contributed by atoms with van der Waals surface area (Å²) in [7, 11) is 0. The quantitative estimate of drug-likeness (QED) is 0.277. The lowest BCUT2D eigenvalue weighted by molar-refractivity contribution is -0.757. The standard InChI is InChI=1S/C7H14N2O5/c1-5(2)6(8)7(10)13-3-4-14-9(11)12/h5-6H,3-4,8H2,1-2H3. The van der Waals surface area contributed by atoms with Crippen LogP contribution in [0.15, 0.2) is 0 Å². The van der Waals surface area contributed by atoms with E-state index in [4.69, 9.17) is 5.73 Å². The van der Waals surface area contributed by atoms with E-state index >= 15 is 0 Å². The second-order valence-electron chi connectivity index (χ2n) is 2.99. The van der Waals surface area contributed by atoms with Gasteiger partial charge in [0.1, 0.15) is 19.3 Å². The van der Waals surface area contributed by atoms with Gasteiger partial charge in [-0.15, -0.1) is 10.1 Å². The van der Waals surface area contributed by atoms with Gasteiger partial charge in [-0.05, 0) is 5.92 Å². The van der Waals surface area contributed by atoms with Gasteiger partial charge in [0.2, 0.25) is 0 Å². The second kappa shape index (κ2) is 6.14. The molecule has 0 aromatic rings. The summed E-state index contributed by atoms with van der Waals surface area (Å²) in [6, 6.07) is -0.703. The van der Waals surface area contributed by atoms with Crippen molar-refractivity contribution in [1.82, 2.24) is 0 Å². The molecule has 1 unspecified atom stereocenters. The lowest BCUT2D eigenvalue weighted by Gasteiger charge is -2.13. The van der Waals surface area contributed by atoms with Crippen molar-refractivity contribution in [2.24, 2.45) is 11.7 Å². The first-order chi connectivity index (χ1) is 6.45. The number of nitrogens with zero attached hydrogens (tertiary/aromatic N) is 1. The van der Waals surface area contributed by atoms with Gasteiger partial charge < -0.3 is 15.3 Å². The third-order valence-corrected chi connectivity index (χ3v) is 1.51. The maximum Gasteiger partial charge on any atom is 0.323 e. The topological polar surface area (TPSA) is 105 Å². The van der Waals surface area contributed by atoms with Crippen LogP contribution in [-0.2, 0) is 14.4 Å². The number of hydrogen-bond acceptors (Lipinski definition) is 6. The molecule has 0 saturated heterocycles. The van der Waals surface area contributed by atoms with Crippen LogP contribution < -0.4 is 5.73 Å². The van der Waals surface area contributed by atoms with E-state index in [9.17, 15) is 14.9 Å². The molecule has 0 saturated carbocycles. The average Bonchev–Trinajstić information content (AvgIpc) is 2.10. The van der Waals surface area contributed by atoms with Gasteiger partial charge in [0.25, 0.3) is 5.09 Å². The van der Waals surface area contributed by atoms with E-state index in [1.54, 1.807) is 13.8 Å². The summed E-state index contributed by atoms with van der Waals surface area (Å²) in [5.74, 6) is -0.606. The Morgan fingerprint density at radius 3 is 2.50 bits per heavy atom. The number of nitrogens with two attached hydrogens (primary N) is 1. The van der Waals surface area contributed by atoms with E-state index in [0.29, 0.717) is 0 Å². The molecule has 0 aliphatic rings. The SMILES string of the molecule is CC(C)C(N)C(=O)OCCO[N+](=O)[O-]. The van der Waals surface area contributed by atoms with Crippen LogP contribution in [0.2, 0.25) is 0 Å². The maximum atomic E-state index is 11.1. The molecule has 0 heterocycles. The Kier molecular flexibility index (Phi) is 5.54. The highest BCUT2D eigenvalue weighted by atomic mass is 17.0. The van der Waals surface area contributed by atoms with Gasteiger partial charge in [-0.3, -0.25) is 4.79 Å². The molecule has 0 fully saturated rings. The first-order valence-corrected chi connectivity index (χ1v) is 4.14. The minimum Gasteiger partial charge on any atom is -0.462 e. The molecule has 7 nitrogen and oxygen atoms in total. The number of esters is 1. The summed E-state index contributed by atoms with van der Waals surface area (Å²) >= 11 is 0. The van der Waals surface area contributed by atoms with Crippen LogP contribution in [0.4, 0.5) is 0 Å². The highest BCUT2D eigenvalue weighted by molar-refractivity contribution is 5.75. The molecule has 0 rings (SSSR count). The van der Waals surface area contributed by atoms with Gasteiger partial charge in [-0.25, -0.2) is 0 Å². The van der Waals surface area contributed by atoms with Crippen molar-refractivity contribution in [2.75, 3.05) is 13.2 Å². The van der Waals surface area contributed by atoms with Crippen molar-refractivity contribution < 1.29 is 19.5 Å². The number of ether oxygens (including phenoxy) is 1. The molecule has 0 radical (unpaired) electrons. The molecule has 0 bridgehead atoms. The van der Waals surface area contributed by atoms with Crippen LogP contribution in [0.5, 0.6) is 0 Å². The fraction of sp³-hybridized carbons (Fsp3) is 0.857. The smallest absolute Gasteiger partial charge is 0.323 e. The first-order valence-electron chi connectivity index (χ1n) is 4.14. The van der Waals surface area contributed by atoms with Crippen LogP contribution in [0, 0.1) is 16.0 Å². The van der Waals surface area contributed by atoms with E-state index in [1.807, 2.05) is 0 Å². The Morgan fingerprint density at radius 2 is 2.07 bits per heavy atom. The zero-order valence-electron chi connectivity index (χ0n) is 8.13. The molecule has 2 N–H and O–H groups in total. The third kappa shape index (κ3) is 5.31. The van der Waals surface area contributed by atoms with Crippen LogP contribution in [-0.4, -0.2) is 30.3 Å². The predicted molar refractivity (Wildman–Crippen MR) is 46.7 cm³/mol. The molecule has 0 spiro atoms. The van der Waals surface area contributed by atoms with E-state index in [0.717, 1.165) is 0 Å². The van der Waals surface area contributed by atoms with Gasteiger partial charge in [-0.1, -0.05) is 13.8 Å². The van der Waals surface area contributed by atoms with Crippen LogP contribution in [0.1, 0.15) is 13.8 Å². The number of carbonyl (C=O) groups is 1. The lowest BCUT2D eigenvalue weighted by atomic mass is 10.1. The fourth-order valence-electron chi connectivity index (χ4n) is 0.622. The number of carbonyl (C=O) groups excluding carboxylic acids is 1. The van der Waals surface area contributed by atoms with Crippen molar-refractivity contribution in [2.45, 2.75) is 19.9 Å². The summed E-state index contributed by atoms with van der Waals surface area (Å²) < 4.78 is 4.62. The average molecular weight is 206 g/mol. The Bertz CT molecular complexity index is 206. The predicted octanol–water partition coefficient (Wildman–Crippen LogP) is -0.279. The minimum atomic E-state index is -0.948. The second-order valence-corrected chi connectivity index (χ2v) is 2.99. The highest BCUT2D eigenvalue weighted by Gasteiger charge is 2.18. The normalized spacial score (nSPS) is 12.3. The fourth-order valence-corrected chi connectivity index (χ4v) is 0.622. The zero-order valence-corrected chi connectivity index (χ0v) is 8.13. The van der Waals surface area contributed by atoms with Gasteiger partial charge in [0.15, 0.2) is 0 Å². The van der Waals surface area contributed by atoms with Gasteiger partial charge in [0.05, 0.1) is 0 Å². The molecule has 0 amide bonds. The number of hydrogen-bond donors (Lipinski definition) is 1. The minimum absolute atomic E-state index is 0.0288. The van der Waals surface area contributed by atoms with Crippen molar-refractivity contribution in [1.29, 1.82) is 0 Å². The molecule has 7 heteroatoms. The van der Waals surface area contributed by atoms with E-state index in [2.05, 4.69) is 9.57 Å². The maximum absolute atomic E-state index is 11.1. The van der Waals surface area contributed by atoms with Gasteiger partial charge >= 0.3 is 5.97 Å². The Balaban J connectivity index is 3.59. The van der Waals surface area contributed by atoms with Crippen molar-refractivity contribution in [3.8, 4) is 0 Å². The largest absolute Gasteiger partial charge is 0.462 e. The molecular formula is C7H14N2O5. The van der Waals surface area contributed by atoms with E-state index < -0.39 is 17.1 Å². The molecule has 14 heavy (non-hydrogen) atoms. The third-order valence-electron chi connectivity index (χ3n) is 1.51. The van der Waals surface area contributed by atoms with Gasteiger partial charge in [-0.2, -0.15) is 0 Å². The van der Waals surface area contributed by atoms with Crippen molar-refractivity contribution in [3.05, 3.63) is 10.1 Å². The van der Waals surface area contributed by atoms with Crippen LogP contribution in [0.25, 0.3) is 0 Å². The summed E-state index contributed by atoms with van der Waals surface area (Å²) in [5.41, 5.74) is 5.45. The Morgan fingerprint density at radius 1 is 1.50 bits per heavy atom. The molecule has 0 aliphatic heterocycles. The van der Waals surface area contributed by atoms with Crippen LogP contribution in [0.3, 0.4) is 0 Å². The molecule has 1 atom stereocenters. The molecular weight excluding hydrogens is 192 g/mol. The van der Waals surface area contributed by atoms with Crippen molar-refractivity contribution in [3.63, 3.8) is 0 Å². The summed E-state index contributed by atoms with van der Waals surface area (Å²) in [4.78, 5) is 24.7. The zero-order chi connectivity index (χ0) is 11.1. The molecule has 82 valence electrons. The van der Waals surface area contributed by atoms with Crippen LogP contribution >= 0.6 is 0 Å². The summed E-state index contributed by atoms with van der Waals surface area (Å²) in [6.07, 6.45) is 0. The Labute approximate surface area is 81.3 Å². The van der Waals surface area contributed by atoms with Crippen molar-refractivity contribution >= 4 is 5.97 Å². The molecule has 0 aromatic heterocycles. The molecule has 0 aromatic carbocycles. The Hall–Kier alpha value is -1.37. The lowest BCUT2D eigenvalue weighted by Crippen LogP contribution is -2.37. The first kappa shape index (κ1) is 12.6. The summed E-state index contributed by atoms with van der Waals surface area (Å²) in [6.45, 7) is 3.11. The summed E-state index contributed by atoms with van der Waals surface area (Å²) in [5, 5.41) is 8.76. The number of rotatable bonds is 6. The van der Waals surface area contributed by atoms with E-state index in [-0.39, 0.29) is 19.1 Å². The van der Waals surface area contributed by atoms with E-state index in [1.165, 1.54) is 0 Å². The van der Waals surface area contributed by atoms with Gasteiger partial charge in [0, 0.05) is 0 Å².